The molecule has 0 saturated heterocycles. The highest BCUT2D eigenvalue weighted by molar-refractivity contribution is 5.81. The largest absolute Gasteiger partial charge is 0.355 e. The smallest absolute Gasteiger partial charge is 0.234 e. The Morgan fingerprint density at radius 1 is 0.889 bits per heavy atom. The molecule has 2 amide bonds. The minimum atomic E-state index is -0.305. The van der Waals surface area contributed by atoms with Gasteiger partial charge in [-0.3, -0.25) is 14.5 Å². The third kappa shape index (κ3) is 8.00. The summed E-state index contributed by atoms with van der Waals surface area (Å²) in [6.45, 7) is 3.72. The van der Waals surface area contributed by atoms with Crippen molar-refractivity contribution in [1.29, 1.82) is 0 Å². The molecule has 0 bridgehead atoms. The third-order valence-electron chi connectivity index (χ3n) is 4.16. The number of carbonyl (C=O) groups excluding carboxylic acids is 2. The molecule has 6 heteroatoms. The molecule has 0 aliphatic rings. The van der Waals surface area contributed by atoms with E-state index in [0.717, 1.165) is 12.0 Å². The number of hydrogen-bond donors (Lipinski definition) is 2. The van der Waals surface area contributed by atoms with E-state index in [1.165, 1.54) is 17.7 Å². The predicted molar refractivity (Wildman–Crippen MR) is 104 cm³/mol. The molecule has 0 radical (unpaired) electrons. The molecule has 0 unspecified atom stereocenters. The number of likely N-dealkylation sites (N-methyl/N-ethyl adjacent to an activating group) is 1. The second kappa shape index (κ2) is 11.1. The number of rotatable bonds is 10. The van der Waals surface area contributed by atoms with Gasteiger partial charge in [0.1, 0.15) is 5.82 Å². The molecule has 0 atom stereocenters. The van der Waals surface area contributed by atoms with Crippen molar-refractivity contribution in [3.63, 3.8) is 0 Å². The van der Waals surface area contributed by atoms with Crippen LogP contribution in [0, 0.1) is 5.82 Å². The molecule has 0 aromatic heterocycles. The van der Waals surface area contributed by atoms with Gasteiger partial charge in [0.05, 0.1) is 13.1 Å². The fraction of sp³-hybridized carbons (Fsp3) is 0.333. The van der Waals surface area contributed by atoms with Crippen LogP contribution in [0.25, 0.3) is 0 Å². The molecular formula is C21H26FN3O2. The van der Waals surface area contributed by atoms with Crippen LogP contribution in [0.4, 0.5) is 4.39 Å². The zero-order valence-electron chi connectivity index (χ0n) is 15.6. The van der Waals surface area contributed by atoms with E-state index in [4.69, 9.17) is 0 Å². The Morgan fingerprint density at radius 3 is 2.15 bits per heavy atom. The van der Waals surface area contributed by atoms with Gasteiger partial charge in [0.25, 0.3) is 0 Å². The second-order valence-corrected chi connectivity index (χ2v) is 6.29. The van der Waals surface area contributed by atoms with E-state index in [0.29, 0.717) is 19.6 Å². The molecular weight excluding hydrogens is 345 g/mol. The van der Waals surface area contributed by atoms with Crippen LogP contribution in [0.15, 0.2) is 54.6 Å². The molecule has 0 fully saturated rings. The number of amides is 2. The van der Waals surface area contributed by atoms with Crippen LogP contribution in [0.2, 0.25) is 0 Å². The van der Waals surface area contributed by atoms with Crippen LogP contribution < -0.4 is 10.6 Å². The summed E-state index contributed by atoms with van der Waals surface area (Å²) in [7, 11) is 0. The first-order chi connectivity index (χ1) is 13.1. The molecule has 2 N–H and O–H groups in total. The summed E-state index contributed by atoms with van der Waals surface area (Å²) in [5, 5.41) is 5.67. The Balaban J connectivity index is 1.67. The molecule has 2 rings (SSSR count). The van der Waals surface area contributed by atoms with E-state index in [1.807, 2.05) is 37.3 Å². The van der Waals surface area contributed by atoms with Gasteiger partial charge >= 0.3 is 0 Å². The summed E-state index contributed by atoms with van der Waals surface area (Å²) in [5.41, 5.74) is 2.00. The highest BCUT2D eigenvalue weighted by Gasteiger charge is 2.12. The highest BCUT2D eigenvalue weighted by Crippen LogP contribution is 2.02. The maximum Gasteiger partial charge on any atom is 0.234 e. The average molecular weight is 371 g/mol. The average Bonchev–Trinajstić information content (AvgIpc) is 2.68. The standard InChI is InChI=1S/C21H26FN3O2/c1-2-25(15-20(26)23-13-12-17-6-4-3-5-7-17)16-21(27)24-14-18-8-10-19(22)11-9-18/h3-11H,2,12-16H2,1H3,(H,23,26)(H,24,27). The zero-order valence-corrected chi connectivity index (χ0v) is 15.6. The van der Waals surface area contributed by atoms with Gasteiger partial charge in [-0.05, 0) is 36.2 Å². The normalized spacial score (nSPS) is 10.6. The topological polar surface area (TPSA) is 61.4 Å². The Bertz CT molecular complexity index is 720. The van der Waals surface area contributed by atoms with Crippen molar-refractivity contribution >= 4 is 11.8 Å². The second-order valence-electron chi connectivity index (χ2n) is 6.29. The summed E-state index contributed by atoms with van der Waals surface area (Å²) >= 11 is 0. The van der Waals surface area contributed by atoms with E-state index in [2.05, 4.69) is 10.6 Å². The summed E-state index contributed by atoms with van der Waals surface area (Å²) in [6, 6.07) is 15.9. The first-order valence-electron chi connectivity index (χ1n) is 9.11. The Hall–Kier alpha value is -2.73. The summed E-state index contributed by atoms with van der Waals surface area (Å²) < 4.78 is 12.9. The van der Waals surface area contributed by atoms with Gasteiger partial charge in [-0.2, -0.15) is 0 Å². The predicted octanol–water partition coefficient (Wildman–Crippen LogP) is 2.12. The van der Waals surface area contributed by atoms with E-state index in [1.54, 1.807) is 17.0 Å². The minimum Gasteiger partial charge on any atom is -0.355 e. The molecule has 144 valence electrons. The van der Waals surface area contributed by atoms with Crippen LogP contribution in [-0.4, -0.2) is 42.9 Å². The molecule has 0 aliphatic carbocycles. The number of nitrogens with zero attached hydrogens (tertiary/aromatic N) is 1. The first-order valence-corrected chi connectivity index (χ1v) is 9.11. The van der Waals surface area contributed by atoms with Gasteiger partial charge in [-0.25, -0.2) is 4.39 Å². The molecule has 5 nitrogen and oxygen atoms in total. The maximum atomic E-state index is 12.9. The Morgan fingerprint density at radius 2 is 1.52 bits per heavy atom. The number of carbonyl (C=O) groups is 2. The Labute approximate surface area is 159 Å². The van der Waals surface area contributed by atoms with Gasteiger partial charge in [0.15, 0.2) is 0 Å². The number of benzene rings is 2. The third-order valence-corrected chi connectivity index (χ3v) is 4.16. The highest BCUT2D eigenvalue weighted by atomic mass is 19.1. The summed E-state index contributed by atoms with van der Waals surface area (Å²) in [4.78, 5) is 25.9. The van der Waals surface area contributed by atoms with Crippen molar-refractivity contribution in [2.24, 2.45) is 0 Å². The van der Waals surface area contributed by atoms with E-state index in [-0.39, 0.29) is 30.7 Å². The quantitative estimate of drug-likeness (QED) is 0.673. The Kier molecular flexibility index (Phi) is 8.45. The van der Waals surface area contributed by atoms with E-state index >= 15 is 0 Å². The fourth-order valence-electron chi connectivity index (χ4n) is 2.59. The van der Waals surface area contributed by atoms with Crippen molar-refractivity contribution in [3.8, 4) is 0 Å². The van der Waals surface area contributed by atoms with Gasteiger partial charge in [0, 0.05) is 13.1 Å². The lowest BCUT2D eigenvalue weighted by molar-refractivity contribution is -0.125. The molecule has 2 aromatic rings. The summed E-state index contributed by atoms with van der Waals surface area (Å²) in [5.74, 6) is -0.571. The van der Waals surface area contributed by atoms with Gasteiger partial charge in [-0.1, -0.05) is 49.4 Å². The summed E-state index contributed by atoms with van der Waals surface area (Å²) in [6.07, 6.45) is 0.775. The van der Waals surface area contributed by atoms with Crippen LogP contribution >= 0.6 is 0 Å². The molecule has 0 saturated carbocycles. The SMILES string of the molecule is CCN(CC(=O)NCCc1ccccc1)CC(=O)NCc1ccc(F)cc1. The van der Waals surface area contributed by atoms with E-state index in [9.17, 15) is 14.0 Å². The number of nitrogens with one attached hydrogen (secondary N) is 2. The van der Waals surface area contributed by atoms with Crippen LogP contribution in [0.5, 0.6) is 0 Å². The molecule has 0 heterocycles. The van der Waals surface area contributed by atoms with Crippen molar-refractivity contribution in [2.75, 3.05) is 26.2 Å². The van der Waals surface area contributed by atoms with Crippen LogP contribution in [0.1, 0.15) is 18.1 Å². The van der Waals surface area contributed by atoms with Gasteiger partial charge in [0.2, 0.25) is 11.8 Å². The van der Waals surface area contributed by atoms with Crippen molar-refractivity contribution in [3.05, 3.63) is 71.5 Å². The molecule has 0 spiro atoms. The molecule has 27 heavy (non-hydrogen) atoms. The molecule has 2 aromatic carbocycles. The van der Waals surface area contributed by atoms with E-state index < -0.39 is 0 Å². The van der Waals surface area contributed by atoms with Crippen molar-refractivity contribution in [2.45, 2.75) is 19.9 Å². The lowest BCUT2D eigenvalue weighted by atomic mass is 10.1. The van der Waals surface area contributed by atoms with Crippen LogP contribution in [0.3, 0.4) is 0 Å². The lowest BCUT2D eigenvalue weighted by Crippen LogP contribution is -2.43. The number of halogens is 1. The monoisotopic (exact) mass is 371 g/mol. The van der Waals surface area contributed by atoms with Crippen LogP contribution in [-0.2, 0) is 22.6 Å². The van der Waals surface area contributed by atoms with Gasteiger partial charge in [-0.15, -0.1) is 0 Å². The fourth-order valence-corrected chi connectivity index (χ4v) is 2.59. The van der Waals surface area contributed by atoms with Crippen molar-refractivity contribution in [1.82, 2.24) is 15.5 Å². The van der Waals surface area contributed by atoms with Gasteiger partial charge < -0.3 is 10.6 Å². The first kappa shape index (κ1) is 20.6. The van der Waals surface area contributed by atoms with Crippen molar-refractivity contribution < 1.29 is 14.0 Å². The minimum absolute atomic E-state index is 0.0980. The lowest BCUT2D eigenvalue weighted by Gasteiger charge is -2.19. The zero-order chi connectivity index (χ0) is 19.5. The number of hydrogen-bond acceptors (Lipinski definition) is 3. The maximum absolute atomic E-state index is 12.9. The molecule has 0 aliphatic heterocycles.